The second-order valence-corrected chi connectivity index (χ2v) is 6.78. The highest BCUT2D eigenvalue weighted by molar-refractivity contribution is 5.79. The predicted molar refractivity (Wildman–Crippen MR) is 107 cm³/mol. The van der Waals surface area contributed by atoms with Gasteiger partial charge in [-0.25, -0.2) is 4.99 Å². The number of aromatic nitrogens is 3. The van der Waals surface area contributed by atoms with E-state index in [1.165, 1.54) is 12.8 Å². The monoisotopic (exact) mass is 370 g/mol. The van der Waals surface area contributed by atoms with Crippen molar-refractivity contribution in [2.45, 2.75) is 46.2 Å². The van der Waals surface area contributed by atoms with Crippen LogP contribution >= 0.6 is 0 Å². The number of guanidine groups is 1. The van der Waals surface area contributed by atoms with Crippen LogP contribution in [-0.4, -0.2) is 40.4 Å². The van der Waals surface area contributed by atoms with Crippen molar-refractivity contribution in [2.75, 3.05) is 19.7 Å². The zero-order chi connectivity index (χ0) is 18.9. The standard InChI is InChI=1S/C20H30N6O/c1-3-19-25-24-15-26(19)12-11-22-20(21-4-2)23-13-17-7-5-6-8-18(17)27-14-16-9-10-16/h5-8,15-16H,3-4,9-14H2,1-2H3,(H2,21,22,23). The van der Waals surface area contributed by atoms with Gasteiger partial charge in [0.15, 0.2) is 5.96 Å². The molecule has 1 aromatic carbocycles. The Morgan fingerprint density at radius 2 is 2.11 bits per heavy atom. The van der Waals surface area contributed by atoms with Crippen LogP contribution in [0.2, 0.25) is 0 Å². The van der Waals surface area contributed by atoms with Crippen LogP contribution in [0.3, 0.4) is 0 Å². The Kier molecular flexibility index (Phi) is 7.07. The number of benzene rings is 1. The van der Waals surface area contributed by atoms with E-state index in [0.29, 0.717) is 6.54 Å². The zero-order valence-electron chi connectivity index (χ0n) is 16.3. The Morgan fingerprint density at radius 3 is 2.89 bits per heavy atom. The molecule has 0 spiro atoms. The Hall–Kier alpha value is -2.57. The highest BCUT2D eigenvalue weighted by Gasteiger charge is 2.22. The molecule has 146 valence electrons. The van der Waals surface area contributed by atoms with Gasteiger partial charge in [0.1, 0.15) is 17.9 Å². The van der Waals surface area contributed by atoms with Gasteiger partial charge in [-0.05, 0) is 31.7 Å². The predicted octanol–water partition coefficient (Wildman–Crippen LogP) is 2.38. The number of para-hydroxylation sites is 1. The minimum absolute atomic E-state index is 0.586. The summed E-state index contributed by atoms with van der Waals surface area (Å²) in [5.74, 6) is 3.49. The van der Waals surface area contributed by atoms with Crippen molar-refractivity contribution in [3.63, 3.8) is 0 Å². The maximum atomic E-state index is 5.98. The SMILES string of the molecule is CCNC(=NCc1ccccc1OCC1CC1)NCCn1cnnc1CC. The van der Waals surface area contributed by atoms with Crippen molar-refractivity contribution >= 4 is 5.96 Å². The average Bonchev–Trinajstić information content (AvgIpc) is 3.41. The summed E-state index contributed by atoms with van der Waals surface area (Å²) in [5.41, 5.74) is 1.11. The second kappa shape index (κ2) is 9.94. The fraction of sp³-hybridized carbons (Fsp3) is 0.550. The van der Waals surface area contributed by atoms with Crippen LogP contribution in [-0.2, 0) is 19.5 Å². The summed E-state index contributed by atoms with van der Waals surface area (Å²) in [7, 11) is 0. The van der Waals surface area contributed by atoms with Crippen LogP contribution in [0.1, 0.15) is 38.1 Å². The van der Waals surface area contributed by atoms with Gasteiger partial charge in [0.2, 0.25) is 0 Å². The molecule has 0 aliphatic heterocycles. The molecule has 3 rings (SSSR count). The number of hydrogen-bond acceptors (Lipinski definition) is 4. The van der Waals surface area contributed by atoms with Gasteiger partial charge in [0, 0.05) is 31.6 Å². The molecule has 0 unspecified atom stereocenters. The van der Waals surface area contributed by atoms with Crippen molar-refractivity contribution in [3.05, 3.63) is 42.0 Å². The molecule has 0 saturated heterocycles. The number of hydrogen-bond donors (Lipinski definition) is 2. The third-order valence-electron chi connectivity index (χ3n) is 4.55. The number of nitrogens with zero attached hydrogens (tertiary/aromatic N) is 4. The van der Waals surface area contributed by atoms with Crippen molar-refractivity contribution in [2.24, 2.45) is 10.9 Å². The van der Waals surface area contributed by atoms with E-state index in [9.17, 15) is 0 Å². The van der Waals surface area contributed by atoms with Gasteiger partial charge in [0.25, 0.3) is 0 Å². The molecular weight excluding hydrogens is 340 g/mol. The van der Waals surface area contributed by atoms with Crippen LogP contribution in [0, 0.1) is 5.92 Å². The third kappa shape index (κ3) is 5.98. The maximum Gasteiger partial charge on any atom is 0.191 e. The van der Waals surface area contributed by atoms with Crippen LogP contribution in [0.25, 0.3) is 0 Å². The largest absolute Gasteiger partial charge is 0.493 e. The molecule has 0 atom stereocenters. The van der Waals surface area contributed by atoms with Crippen LogP contribution < -0.4 is 15.4 Å². The lowest BCUT2D eigenvalue weighted by atomic mass is 10.2. The Balaban J connectivity index is 1.55. The van der Waals surface area contributed by atoms with Gasteiger partial charge in [-0.1, -0.05) is 25.1 Å². The van der Waals surface area contributed by atoms with E-state index in [1.54, 1.807) is 6.33 Å². The number of aryl methyl sites for hydroxylation is 1. The Labute approximate surface area is 161 Å². The first-order valence-electron chi connectivity index (χ1n) is 9.89. The summed E-state index contributed by atoms with van der Waals surface area (Å²) < 4.78 is 8.05. The van der Waals surface area contributed by atoms with Crippen molar-refractivity contribution < 1.29 is 4.74 Å². The minimum Gasteiger partial charge on any atom is -0.493 e. The van der Waals surface area contributed by atoms with E-state index < -0.39 is 0 Å². The Morgan fingerprint density at radius 1 is 1.26 bits per heavy atom. The second-order valence-electron chi connectivity index (χ2n) is 6.78. The third-order valence-corrected chi connectivity index (χ3v) is 4.55. The van der Waals surface area contributed by atoms with Gasteiger partial charge in [-0.2, -0.15) is 0 Å². The Bertz CT molecular complexity index is 738. The minimum atomic E-state index is 0.586. The molecule has 1 fully saturated rings. The van der Waals surface area contributed by atoms with Gasteiger partial charge < -0.3 is 19.9 Å². The number of ether oxygens (including phenoxy) is 1. The number of rotatable bonds is 10. The molecule has 2 N–H and O–H groups in total. The summed E-state index contributed by atoms with van der Waals surface area (Å²) >= 11 is 0. The highest BCUT2D eigenvalue weighted by atomic mass is 16.5. The first-order chi connectivity index (χ1) is 13.3. The number of aliphatic imine (C=N–C) groups is 1. The smallest absolute Gasteiger partial charge is 0.191 e. The topological polar surface area (TPSA) is 76.4 Å². The summed E-state index contributed by atoms with van der Waals surface area (Å²) in [6, 6.07) is 8.17. The summed E-state index contributed by atoms with van der Waals surface area (Å²) in [6.45, 7) is 7.94. The van der Waals surface area contributed by atoms with Crippen LogP contribution in [0.15, 0.2) is 35.6 Å². The van der Waals surface area contributed by atoms with E-state index >= 15 is 0 Å². The summed E-state index contributed by atoms with van der Waals surface area (Å²) in [5, 5.41) is 14.8. The molecule has 0 amide bonds. The highest BCUT2D eigenvalue weighted by Crippen LogP contribution is 2.30. The molecule has 0 bridgehead atoms. The molecule has 7 nitrogen and oxygen atoms in total. The molecule has 1 aliphatic carbocycles. The van der Waals surface area contributed by atoms with Gasteiger partial charge in [-0.15, -0.1) is 10.2 Å². The van der Waals surface area contributed by atoms with Crippen molar-refractivity contribution in [3.8, 4) is 5.75 Å². The molecule has 2 aromatic rings. The van der Waals surface area contributed by atoms with E-state index in [1.807, 2.05) is 18.2 Å². The zero-order valence-corrected chi connectivity index (χ0v) is 16.3. The lowest BCUT2D eigenvalue weighted by Crippen LogP contribution is -2.38. The van der Waals surface area contributed by atoms with E-state index in [4.69, 9.17) is 9.73 Å². The van der Waals surface area contributed by atoms with Crippen LogP contribution in [0.5, 0.6) is 5.75 Å². The lowest BCUT2D eigenvalue weighted by Gasteiger charge is -2.13. The summed E-state index contributed by atoms with van der Waals surface area (Å²) in [4.78, 5) is 4.72. The quantitative estimate of drug-likeness (QED) is 0.496. The van der Waals surface area contributed by atoms with E-state index in [-0.39, 0.29) is 0 Å². The summed E-state index contributed by atoms with van der Waals surface area (Å²) in [6.07, 6.45) is 5.24. The van der Waals surface area contributed by atoms with Gasteiger partial charge >= 0.3 is 0 Å². The average molecular weight is 371 g/mol. The molecule has 1 heterocycles. The van der Waals surface area contributed by atoms with E-state index in [2.05, 4.69) is 45.3 Å². The van der Waals surface area contributed by atoms with Crippen molar-refractivity contribution in [1.29, 1.82) is 0 Å². The normalized spacial score (nSPS) is 14.2. The molecular formula is C20H30N6O. The van der Waals surface area contributed by atoms with E-state index in [0.717, 1.165) is 61.7 Å². The molecule has 7 heteroatoms. The maximum absolute atomic E-state index is 5.98. The number of nitrogens with one attached hydrogen (secondary N) is 2. The first kappa shape index (κ1) is 19.2. The lowest BCUT2D eigenvalue weighted by molar-refractivity contribution is 0.297. The fourth-order valence-corrected chi connectivity index (χ4v) is 2.81. The molecule has 27 heavy (non-hydrogen) atoms. The molecule has 1 saturated carbocycles. The fourth-order valence-electron chi connectivity index (χ4n) is 2.81. The van der Waals surface area contributed by atoms with Crippen LogP contribution in [0.4, 0.5) is 0 Å². The van der Waals surface area contributed by atoms with Gasteiger partial charge in [0.05, 0.1) is 13.2 Å². The van der Waals surface area contributed by atoms with Gasteiger partial charge in [-0.3, -0.25) is 0 Å². The van der Waals surface area contributed by atoms with Crippen molar-refractivity contribution in [1.82, 2.24) is 25.4 Å². The molecule has 1 aromatic heterocycles. The first-order valence-corrected chi connectivity index (χ1v) is 9.89. The molecule has 1 aliphatic rings. The molecule has 0 radical (unpaired) electrons.